The van der Waals surface area contributed by atoms with Gasteiger partial charge in [-0.3, -0.25) is 14.2 Å². The van der Waals surface area contributed by atoms with Crippen molar-refractivity contribution < 1.29 is 9.18 Å². The first-order valence-corrected chi connectivity index (χ1v) is 7.74. The Kier molecular flexibility index (Phi) is 3.25. The molecule has 1 aromatic carbocycles. The lowest BCUT2D eigenvalue weighted by molar-refractivity contribution is 0.101. The van der Waals surface area contributed by atoms with Gasteiger partial charge in [0.15, 0.2) is 5.78 Å². The number of carbonyl (C=O) groups excluding carboxylic acids is 1. The number of rotatable bonds is 1. The number of aromatic nitrogens is 3. The summed E-state index contributed by atoms with van der Waals surface area (Å²) < 4.78 is 15.3. The number of hydrogen-bond acceptors (Lipinski definition) is 4. The van der Waals surface area contributed by atoms with Gasteiger partial charge in [-0.1, -0.05) is 11.6 Å². The molecule has 0 amide bonds. The van der Waals surface area contributed by atoms with Crippen LogP contribution in [0.15, 0.2) is 29.1 Å². The van der Waals surface area contributed by atoms with Gasteiger partial charge in [0.1, 0.15) is 16.8 Å². The third kappa shape index (κ3) is 2.14. The summed E-state index contributed by atoms with van der Waals surface area (Å²) in [5.41, 5.74) is 1.39. The second-order valence-corrected chi connectivity index (χ2v) is 6.06. The molecule has 1 aliphatic heterocycles. The van der Waals surface area contributed by atoms with Gasteiger partial charge in [-0.2, -0.15) is 0 Å². The summed E-state index contributed by atoms with van der Waals surface area (Å²) in [6, 6.07) is 5.62. The molecule has 7 heteroatoms. The number of carbonyl (C=O) groups is 1. The van der Waals surface area contributed by atoms with Gasteiger partial charge in [-0.25, -0.2) is 14.4 Å². The van der Waals surface area contributed by atoms with Crippen LogP contribution in [-0.4, -0.2) is 20.3 Å². The SMILES string of the molecule is CC(=O)c1cc(F)cc2c(=O)n3c(nc12)-c1ccc(Cl)nc1CC3. The molecule has 2 aromatic heterocycles. The molecule has 0 N–H and O–H groups in total. The molecule has 0 radical (unpaired) electrons. The van der Waals surface area contributed by atoms with E-state index in [-0.39, 0.29) is 27.8 Å². The van der Waals surface area contributed by atoms with Crippen molar-refractivity contribution in [3.8, 4) is 11.4 Å². The second kappa shape index (κ2) is 5.21. The van der Waals surface area contributed by atoms with Crippen molar-refractivity contribution >= 4 is 28.3 Å². The zero-order chi connectivity index (χ0) is 17.0. The Balaban J connectivity index is 2.13. The number of benzene rings is 1. The molecule has 5 nitrogen and oxygen atoms in total. The molecular formula is C17H11ClFN3O2. The maximum absolute atomic E-state index is 13.8. The normalized spacial score (nSPS) is 12.8. The number of fused-ring (bicyclic) bond motifs is 4. The average molecular weight is 344 g/mol. The summed E-state index contributed by atoms with van der Waals surface area (Å²) in [4.78, 5) is 33.4. The van der Waals surface area contributed by atoms with Crippen LogP contribution in [0.25, 0.3) is 22.3 Å². The maximum Gasteiger partial charge on any atom is 0.261 e. The summed E-state index contributed by atoms with van der Waals surface area (Å²) >= 11 is 5.93. The highest BCUT2D eigenvalue weighted by atomic mass is 35.5. The summed E-state index contributed by atoms with van der Waals surface area (Å²) in [6.45, 7) is 1.70. The Morgan fingerprint density at radius 1 is 1.29 bits per heavy atom. The van der Waals surface area contributed by atoms with Crippen molar-refractivity contribution in [2.45, 2.75) is 19.9 Å². The molecule has 3 heterocycles. The zero-order valence-corrected chi connectivity index (χ0v) is 13.4. The summed E-state index contributed by atoms with van der Waals surface area (Å²) in [6.07, 6.45) is 0.533. The number of ketones is 1. The van der Waals surface area contributed by atoms with Crippen LogP contribution in [0.1, 0.15) is 23.0 Å². The Morgan fingerprint density at radius 2 is 2.08 bits per heavy atom. The first kappa shape index (κ1) is 15.0. The van der Waals surface area contributed by atoms with Gasteiger partial charge in [0.05, 0.1) is 16.6 Å². The highest BCUT2D eigenvalue weighted by Gasteiger charge is 2.23. The fraction of sp³-hybridized carbons (Fsp3) is 0.176. The quantitative estimate of drug-likeness (QED) is 0.503. The van der Waals surface area contributed by atoms with Crippen molar-refractivity contribution in [1.29, 1.82) is 0 Å². The lowest BCUT2D eigenvalue weighted by atomic mass is 10.0. The van der Waals surface area contributed by atoms with E-state index in [9.17, 15) is 14.0 Å². The fourth-order valence-electron chi connectivity index (χ4n) is 3.06. The number of hydrogen-bond donors (Lipinski definition) is 0. The smallest absolute Gasteiger partial charge is 0.261 e. The third-order valence-corrected chi connectivity index (χ3v) is 4.37. The van der Waals surface area contributed by atoms with E-state index in [1.54, 1.807) is 12.1 Å². The van der Waals surface area contributed by atoms with E-state index < -0.39 is 5.82 Å². The van der Waals surface area contributed by atoms with E-state index in [1.807, 2.05) is 0 Å². The van der Waals surface area contributed by atoms with Crippen molar-refractivity contribution in [3.05, 3.63) is 56.8 Å². The lowest BCUT2D eigenvalue weighted by Crippen LogP contribution is -2.28. The first-order valence-electron chi connectivity index (χ1n) is 7.36. The van der Waals surface area contributed by atoms with Crippen molar-refractivity contribution in [3.63, 3.8) is 0 Å². The van der Waals surface area contributed by atoms with E-state index >= 15 is 0 Å². The van der Waals surface area contributed by atoms with E-state index in [4.69, 9.17) is 11.6 Å². The largest absolute Gasteiger partial charge is 0.294 e. The Labute approximate surface area is 140 Å². The number of pyridine rings is 1. The molecule has 120 valence electrons. The molecule has 1 aliphatic rings. The Bertz CT molecular complexity index is 1090. The van der Waals surface area contributed by atoms with Crippen LogP contribution in [0.3, 0.4) is 0 Å². The van der Waals surface area contributed by atoms with Crippen LogP contribution in [0.4, 0.5) is 4.39 Å². The van der Waals surface area contributed by atoms with Crippen LogP contribution in [0.2, 0.25) is 5.15 Å². The van der Waals surface area contributed by atoms with Gasteiger partial charge in [0.2, 0.25) is 0 Å². The summed E-state index contributed by atoms with van der Waals surface area (Å²) in [5, 5.41) is 0.478. The monoisotopic (exact) mass is 343 g/mol. The Morgan fingerprint density at radius 3 is 2.83 bits per heavy atom. The van der Waals surface area contributed by atoms with Crippen LogP contribution in [0, 0.1) is 5.82 Å². The van der Waals surface area contributed by atoms with Gasteiger partial charge in [-0.15, -0.1) is 0 Å². The molecular weight excluding hydrogens is 333 g/mol. The molecule has 0 saturated carbocycles. The van der Waals surface area contributed by atoms with Crippen molar-refractivity contribution in [2.75, 3.05) is 0 Å². The molecule has 0 spiro atoms. The molecule has 24 heavy (non-hydrogen) atoms. The van der Waals surface area contributed by atoms with Crippen LogP contribution in [0.5, 0.6) is 0 Å². The van der Waals surface area contributed by atoms with Gasteiger partial charge < -0.3 is 0 Å². The standard InChI is InChI=1S/C17H11ClFN3O2/c1-8(23)11-6-9(19)7-12-15(11)21-16-10-2-3-14(18)20-13(10)4-5-22(16)17(12)24/h2-3,6-7H,4-5H2,1H3. The Hall–Kier alpha value is -2.60. The first-order chi connectivity index (χ1) is 11.5. The molecule has 0 bridgehead atoms. The number of aryl methyl sites for hydroxylation is 1. The molecule has 0 fully saturated rings. The highest BCUT2D eigenvalue weighted by Crippen LogP contribution is 2.29. The van der Waals surface area contributed by atoms with E-state index in [0.717, 1.165) is 17.8 Å². The van der Waals surface area contributed by atoms with Crippen molar-refractivity contribution in [2.24, 2.45) is 0 Å². The number of Topliss-reactive ketones (excluding diaryl/α,β-unsaturated/α-hetero) is 1. The van der Waals surface area contributed by atoms with E-state index in [2.05, 4.69) is 9.97 Å². The number of halogens is 2. The molecule has 4 rings (SSSR count). The predicted octanol–water partition coefficient (Wildman–Crippen LogP) is 3.01. The van der Waals surface area contributed by atoms with Crippen LogP contribution >= 0.6 is 11.6 Å². The second-order valence-electron chi connectivity index (χ2n) is 5.68. The van der Waals surface area contributed by atoms with Gasteiger partial charge >= 0.3 is 0 Å². The molecule has 3 aromatic rings. The van der Waals surface area contributed by atoms with Gasteiger partial charge in [-0.05, 0) is 31.2 Å². The topological polar surface area (TPSA) is 64.8 Å². The van der Waals surface area contributed by atoms with Crippen LogP contribution < -0.4 is 5.56 Å². The minimum Gasteiger partial charge on any atom is -0.294 e. The van der Waals surface area contributed by atoms with E-state index in [0.29, 0.717) is 29.5 Å². The molecule has 0 aliphatic carbocycles. The highest BCUT2D eigenvalue weighted by molar-refractivity contribution is 6.29. The van der Waals surface area contributed by atoms with E-state index in [1.165, 1.54) is 11.5 Å². The maximum atomic E-state index is 13.8. The van der Waals surface area contributed by atoms with Crippen LogP contribution in [-0.2, 0) is 13.0 Å². The summed E-state index contributed by atoms with van der Waals surface area (Å²) in [5.74, 6) is -0.551. The molecule has 0 unspecified atom stereocenters. The third-order valence-electron chi connectivity index (χ3n) is 4.16. The summed E-state index contributed by atoms with van der Waals surface area (Å²) in [7, 11) is 0. The minimum absolute atomic E-state index is 0.0968. The lowest BCUT2D eigenvalue weighted by Gasteiger charge is -2.21. The van der Waals surface area contributed by atoms with Crippen molar-refractivity contribution in [1.82, 2.24) is 14.5 Å². The average Bonchev–Trinajstić information content (AvgIpc) is 2.54. The van der Waals surface area contributed by atoms with Gasteiger partial charge in [0.25, 0.3) is 5.56 Å². The zero-order valence-electron chi connectivity index (χ0n) is 12.6. The molecule has 0 atom stereocenters. The fourth-order valence-corrected chi connectivity index (χ4v) is 3.22. The van der Waals surface area contributed by atoms with Gasteiger partial charge in [0, 0.05) is 24.1 Å². The molecule has 0 saturated heterocycles. The predicted molar refractivity (Wildman–Crippen MR) is 87.9 cm³/mol. The number of nitrogens with zero attached hydrogens (tertiary/aromatic N) is 3. The minimum atomic E-state index is -0.628.